The number of hydrogen-bond donors (Lipinski definition) is 2. The molecule has 0 bridgehead atoms. The number of aryl methyl sites for hydroxylation is 2. The zero-order valence-corrected chi connectivity index (χ0v) is 15.3. The number of para-hydroxylation sites is 1. The zero-order valence-electron chi connectivity index (χ0n) is 15.3. The Morgan fingerprint density at radius 2 is 1.68 bits per heavy atom. The predicted molar refractivity (Wildman–Crippen MR) is 102 cm³/mol. The maximum atomic E-state index is 12.4. The number of amides is 1. The molecule has 0 saturated heterocycles. The highest BCUT2D eigenvalue weighted by Crippen LogP contribution is 2.29. The number of benzene rings is 2. The molecule has 0 aromatic heterocycles. The first-order valence-corrected chi connectivity index (χ1v) is 8.49. The van der Waals surface area contributed by atoms with Crippen molar-refractivity contribution in [2.75, 3.05) is 31.4 Å². The number of nitrogens with one attached hydrogen (secondary N) is 2. The van der Waals surface area contributed by atoms with Crippen molar-refractivity contribution >= 4 is 17.3 Å². The lowest BCUT2D eigenvalue weighted by atomic mass is 10.0. The predicted octanol–water partition coefficient (Wildman–Crippen LogP) is 3.88. The number of hydrogen-bond acceptors (Lipinski definition) is 4. The molecule has 25 heavy (non-hydrogen) atoms. The van der Waals surface area contributed by atoms with Crippen LogP contribution in [0.2, 0.25) is 0 Å². The third-order valence-electron chi connectivity index (χ3n) is 4.11. The van der Waals surface area contributed by atoms with Gasteiger partial charge in [-0.25, -0.2) is 0 Å². The van der Waals surface area contributed by atoms with E-state index >= 15 is 0 Å². The quantitative estimate of drug-likeness (QED) is 0.764. The molecule has 2 aromatic rings. The summed E-state index contributed by atoms with van der Waals surface area (Å²) in [5.74, 6) is 1.25. The van der Waals surface area contributed by atoms with Crippen molar-refractivity contribution in [2.24, 2.45) is 0 Å². The van der Waals surface area contributed by atoms with Crippen molar-refractivity contribution in [3.8, 4) is 11.5 Å². The van der Waals surface area contributed by atoms with Gasteiger partial charge in [0.1, 0.15) is 11.5 Å². The fourth-order valence-corrected chi connectivity index (χ4v) is 2.71. The van der Waals surface area contributed by atoms with Gasteiger partial charge in [0.25, 0.3) is 0 Å². The topological polar surface area (TPSA) is 59.6 Å². The summed E-state index contributed by atoms with van der Waals surface area (Å²) < 4.78 is 10.5. The third kappa shape index (κ3) is 4.66. The van der Waals surface area contributed by atoms with Gasteiger partial charge in [-0.3, -0.25) is 4.79 Å². The monoisotopic (exact) mass is 342 g/mol. The Labute approximate surface area is 149 Å². The van der Waals surface area contributed by atoms with Crippen molar-refractivity contribution in [1.29, 1.82) is 0 Å². The molecule has 2 N–H and O–H groups in total. The fraction of sp³-hybridized carbons (Fsp3) is 0.350. The van der Waals surface area contributed by atoms with Crippen LogP contribution in [0.15, 0.2) is 36.4 Å². The largest absolute Gasteiger partial charge is 0.497 e. The zero-order chi connectivity index (χ0) is 18.2. The van der Waals surface area contributed by atoms with Crippen LogP contribution in [-0.4, -0.2) is 26.7 Å². The maximum Gasteiger partial charge on any atom is 0.243 e. The molecule has 2 aromatic carbocycles. The van der Waals surface area contributed by atoms with Crippen LogP contribution in [0.5, 0.6) is 11.5 Å². The first-order valence-electron chi connectivity index (χ1n) is 8.49. The van der Waals surface area contributed by atoms with Gasteiger partial charge in [-0.15, -0.1) is 0 Å². The van der Waals surface area contributed by atoms with E-state index in [1.165, 1.54) is 0 Å². The van der Waals surface area contributed by atoms with Crippen LogP contribution in [0.1, 0.15) is 25.0 Å². The van der Waals surface area contributed by atoms with E-state index < -0.39 is 0 Å². The van der Waals surface area contributed by atoms with Crippen LogP contribution in [0.4, 0.5) is 11.4 Å². The van der Waals surface area contributed by atoms with Gasteiger partial charge in [0.15, 0.2) is 0 Å². The Bertz CT molecular complexity index is 707. The molecule has 1 amide bonds. The molecule has 0 aliphatic heterocycles. The van der Waals surface area contributed by atoms with Gasteiger partial charge < -0.3 is 20.1 Å². The molecule has 0 aliphatic rings. The Morgan fingerprint density at radius 1 is 1.00 bits per heavy atom. The molecule has 0 aliphatic carbocycles. The van der Waals surface area contributed by atoms with E-state index in [0.29, 0.717) is 11.5 Å². The van der Waals surface area contributed by atoms with Crippen LogP contribution in [0.25, 0.3) is 0 Å². The first kappa shape index (κ1) is 18.6. The van der Waals surface area contributed by atoms with Crippen LogP contribution in [0, 0.1) is 0 Å². The SMILES string of the molecule is CCc1cccc(CC)c1NC(=O)CNc1ccc(OC)cc1OC. The van der Waals surface area contributed by atoms with E-state index in [4.69, 9.17) is 9.47 Å². The number of rotatable bonds is 8. The van der Waals surface area contributed by atoms with E-state index in [9.17, 15) is 4.79 Å². The smallest absolute Gasteiger partial charge is 0.243 e. The van der Waals surface area contributed by atoms with Gasteiger partial charge in [0.05, 0.1) is 26.5 Å². The number of anilines is 2. The van der Waals surface area contributed by atoms with Crippen molar-refractivity contribution in [2.45, 2.75) is 26.7 Å². The molecule has 2 rings (SSSR count). The van der Waals surface area contributed by atoms with Gasteiger partial charge in [-0.2, -0.15) is 0 Å². The Kier molecular flexibility index (Phi) is 6.69. The highest BCUT2D eigenvalue weighted by Gasteiger charge is 2.11. The second kappa shape index (κ2) is 8.97. The van der Waals surface area contributed by atoms with Crippen molar-refractivity contribution < 1.29 is 14.3 Å². The summed E-state index contributed by atoms with van der Waals surface area (Å²) in [6.07, 6.45) is 1.76. The summed E-state index contributed by atoms with van der Waals surface area (Å²) in [7, 11) is 3.19. The molecule has 5 nitrogen and oxygen atoms in total. The van der Waals surface area contributed by atoms with E-state index in [1.807, 2.05) is 18.2 Å². The summed E-state index contributed by atoms with van der Waals surface area (Å²) in [6, 6.07) is 11.6. The van der Waals surface area contributed by atoms with Crippen molar-refractivity contribution in [1.82, 2.24) is 0 Å². The lowest BCUT2D eigenvalue weighted by Crippen LogP contribution is -2.23. The van der Waals surface area contributed by atoms with Crippen LogP contribution >= 0.6 is 0 Å². The molecule has 5 heteroatoms. The number of methoxy groups -OCH3 is 2. The highest BCUT2D eigenvalue weighted by atomic mass is 16.5. The van der Waals surface area contributed by atoms with Gasteiger partial charge in [-0.05, 0) is 36.1 Å². The molecule has 0 radical (unpaired) electrons. The number of carbonyl (C=O) groups excluding carboxylic acids is 1. The molecule has 0 spiro atoms. The van der Waals surface area contributed by atoms with E-state index in [2.05, 4.69) is 36.6 Å². The average Bonchev–Trinajstić information content (AvgIpc) is 2.66. The van der Waals surface area contributed by atoms with E-state index in [1.54, 1.807) is 20.3 Å². The molecule has 0 unspecified atom stereocenters. The average molecular weight is 342 g/mol. The Balaban J connectivity index is 2.07. The van der Waals surface area contributed by atoms with E-state index in [-0.39, 0.29) is 12.5 Å². The fourth-order valence-electron chi connectivity index (χ4n) is 2.71. The summed E-state index contributed by atoms with van der Waals surface area (Å²) in [6.45, 7) is 4.33. The van der Waals surface area contributed by atoms with Gasteiger partial charge in [0, 0.05) is 11.8 Å². The van der Waals surface area contributed by atoms with Crippen molar-refractivity contribution in [3.05, 3.63) is 47.5 Å². The maximum absolute atomic E-state index is 12.4. The van der Waals surface area contributed by atoms with Crippen molar-refractivity contribution in [3.63, 3.8) is 0 Å². The van der Waals surface area contributed by atoms with Crippen LogP contribution in [-0.2, 0) is 17.6 Å². The number of ether oxygens (including phenoxy) is 2. The van der Waals surface area contributed by atoms with Gasteiger partial charge in [-0.1, -0.05) is 32.0 Å². The minimum Gasteiger partial charge on any atom is -0.497 e. The highest BCUT2D eigenvalue weighted by molar-refractivity contribution is 5.95. The lowest BCUT2D eigenvalue weighted by Gasteiger charge is -2.16. The molecular weight excluding hydrogens is 316 g/mol. The van der Waals surface area contributed by atoms with Gasteiger partial charge in [0.2, 0.25) is 5.91 Å². The van der Waals surface area contributed by atoms with Crippen LogP contribution < -0.4 is 20.1 Å². The first-order chi connectivity index (χ1) is 12.1. The second-order valence-electron chi connectivity index (χ2n) is 5.63. The standard InChI is InChI=1S/C20H26N2O3/c1-5-14-8-7-9-15(6-2)20(14)22-19(23)13-21-17-11-10-16(24-3)12-18(17)25-4/h7-12,21H,5-6,13H2,1-4H3,(H,22,23). The minimum atomic E-state index is -0.0894. The number of carbonyl (C=O) groups is 1. The summed E-state index contributed by atoms with van der Waals surface area (Å²) in [5.41, 5.74) is 3.98. The Morgan fingerprint density at radius 3 is 2.24 bits per heavy atom. The molecule has 0 saturated carbocycles. The van der Waals surface area contributed by atoms with Gasteiger partial charge >= 0.3 is 0 Å². The van der Waals surface area contributed by atoms with E-state index in [0.717, 1.165) is 35.3 Å². The molecular formula is C20H26N2O3. The molecule has 0 heterocycles. The summed E-state index contributed by atoms with van der Waals surface area (Å²) in [4.78, 5) is 12.4. The third-order valence-corrected chi connectivity index (χ3v) is 4.11. The summed E-state index contributed by atoms with van der Waals surface area (Å²) in [5, 5.41) is 6.16. The molecule has 134 valence electrons. The second-order valence-corrected chi connectivity index (χ2v) is 5.63. The normalized spacial score (nSPS) is 10.2. The summed E-state index contributed by atoms with van der Waals surface area (Å²) >= 11 is 0. The molecule has 0 fully saturated rings. The molecule has 0 atom stereocenters. The Hall–Kier alpha value is -2.69. The van der Waals surface area contributed by atoms with Crippen LogP contribution in [0.3, 0.4) is 0 Å². The minimum absolute atomic E-state index is 0.0894. The lowest BCUT2D eigenvalue weighted by molar-refractivity contribution is -0.114.